The number of nitrogens with one attached hydrogen (secondary N) is 1. The van der Waals surface area contributed by atoms with E-state index in [4.69, 9.17) is 4.98 Å². The van der Waals surface area contributed by atoms with Gasteiger partial charge < -0.3 is 5.32 Å². The van der Waals surface area contributed by atoms with Crippen molar-refractivity contribution in [3.8, 4) is 11.3 Å². The lowest BCUT2D eigenvalue weighted by molar-refractivity contribution is -0.115. The molecule has 0 aliphatic heterocycles. The van der Waals surface area contributed by atoms with Crippen LogP contribution in [0.2, 0.25) is 0 Å². The molecule has 0 saturated carbocycles. The van der Waals surface area contributed by atoms with Gasteiger partial charge in [0.1, 0.15) is 5.82 Å². The van der Waals surface area contributed by atoms with Gasteiger partial charge in [-0.05, 0) is 38.1 Å². The average molecular weight is 357 g/mol. The second-order valence-corrected chi connectivity index (χ2v) is 6.46. The summed E-state index contributed by atoms with van der Waals surface area (Å²) in [6.45, 7) is 3.96. The van der Waals surface area contributed by atoms with Crippen molar-refractivity contribution in [2.75, 3.05) is 5.32 Å². The fourth-order valence-electron chi connectivity index (χ4n) is 2.95. The summed E-state index contributed by atoms with van der Waals surface area (Å²) in [5.41, 5.74) is 5.24. The van der Waals surface area contributed by atoms with Crippen molar-refractivity contribution in [2.24, 2.45) is 0 Å². The molecule has 6 nitrogen and oxygen atoms in total. The van der Waals surface area contributed by atoms with E-state index < -0.39 is 0 Å². The third kappa shape index (κ3) is 3.55. The molecular formula is C21H19N5O. The maximum Gasteiger partial charge on any atom is 0.231 e. The molecule has 1 amide bonds. The van der Waals surface area contributed by atoms with Gasteiger partial charge in [0.2, 0.25) is 5.91 Å². The first kappa shape index (κ1) is 16.9. The number of benzene rings is 1. The highest BCUT2D eigenvalue weighted by atomic mass is 16.1. The van der Waals surface area contributed by atoms with Gasteiger partial charge in [-0.3, -0.25) is 4.79 Å². The summed E-state index contributed by atoms with van der Waals surface area (Å²) in [7, 11) is 0. The Morgan fingerprint density at radius 1 is 1.04 bits per heavy atom. The Morgan fingerprint density at radius 2 is 1.85 bits per heavy atom. The van der Waals surface area contributed by atoms with E-state index in [1.54, 1.807) is 16.8 Å². The molecule has 0 spiro atoms. The van der Waals surface area contributed by atoms with Crippen LogP contribution in [-0.4, -0.2) is 25.5 Å². The Balaban J connectivity index is 1.75. The minimum Gasteiger partial charge on any atom is -0.310 e. The van der Waals surface area contributed by atoms with Gasteiger partial charge in [0, 0.05) is 11.8 Å². The maximum absolute atomic E-state index is 12.6. The number of aromatic nitrogens is 4. The van der Waals surface area contributed by atoms with E-state index in [1.807, 2.05) is 62.4 Å². The van der Waals surface area contributed by atoms with Crippen LogP contribution in [0.1, 0.15) is 17.0 Å². The lowest BCUT2D eigenvalue weighted by Gasteiger charge is -2.07. The van der Waals surface area contributed by atoms with Gasteiger partial charge in [-0.15, -0.1) is 0 Å². The van der Waals surface area contributed by atoms with E-state index >= 15 is 0 Å². The van der Waals surface area contributed by atoms with Crippen molar-refractivity contribution < 1.29 is 4.79 Å². The van der Waals surface area contributed by atoms with E-state index in [1.165, 1.54) is 5.56 Å². The van der Waals surface area contributed by atoms with Crippen molar-refractivity contribution in [3.05, 3.63) is 77.7 Å². The van der Waals surface area contributed by atoms with Gasteiger partial charge >= 0.3 is 0 Å². The largest absolute Gasteiger partial charge is 0.310 e. The molecular weight excluding hydrogens is 338 g/mol. The zero-order chi connectivity index (χ0) is 18.8. The Bertz CT molecular complexity index is 1100. The Labute approximate surface area is 156 Å². The smallest absolute Gasteiger partial charge is 0.231 e. The molecule has 0 bridgehead atoms. The molecule has 4 rings (SSSR count). The molecule has 6 heteroatoms. The number of carbonyl (C=O) groups is 1. The van der Waals surface area contributed by atoms with Crippen LogP contribution < -0.4 is 5.32 Å². The molecule has 1 N–H and O–H groups in total. The van der Waals surface area contributed by atoms with Crippen molar-refractivity contribution >= 4 is 17.4 Å². The molecule has 0 fully saturated rings. The SMILES string of the molecule is Cc1ccc(-c2nc3ccc(C)nn3c2CC(=O)Nc2ccccn2)cc1. The summed E-state index contributed by atoms with van der Waals surface area (Å²) in [5.74, 6) is 0.365. The molecule has 0 aliphatic carbocycles. The predicted octanol–water partition coefficient (Wildman–Crippen LogP) is 3.59. The van der Waals surface area contributed by atoms with Crippen LogP contribution in [0, 0.1) is 13.8 Å². The Hall–Kier alpha value is -3.54. The van der Waals surface area contributed by atoms with Gasteiger partial charge in [-0.25, -0.2) is 14.5 Å². The lowest BCUT2D eigenvalue weighted by Crippen LogP contribution is -2.17. The summed E-state index contributed by atoms with van der Waals surface area (Å²) in [5, 5.41) is 7.39. The predicted molar refractivity (Wildman–Crippen MR) is 104 cm³/mol. The van der Waals surface area contributed by atoms with Crippen LogP contribution in [0.3, 0.4) is 0 Å². The van der Waals surface area contributed by atoms with Crippen molar-refractivity contribution in [2.45, 2.75) is 20.3 Å². The minimum absolute atomic E-state index is 0.150. The van der Waals surface area contributed by atoms with Crippen LogP contribution in [0.25, 0.3) is 16.9 Å². The Morgan fingerprint density at radius 3 is 2.59 bits per heavy atom. The van der Waals surface area contributed by atoms with Gasteiger partial charge in [0.15, 0.2) is 5.65 Å². The monoisotopic (exact) mass is 357 g/mol. The molecule has 3 aromatic heterocycles. The van der Waals surface area contributed by atoms with Crippen LogP contribution in [0.15, 0.2) is 60.8 Å². The third-order valence-corrected chi connectivity index (χ3v) is 4.29. The fourth-order valence-corrected chi connectivity index (χ4v) is 2.95. The third-order valence-electron chi connectivity index (χ3n) is 4.29. The van der Waals surface area contributed by atoms with Gasteiger partial charge in [-0.2, -0.15) is 5.10 Å². The standard InChI is InChI=1S/C21H19N5O/c1-14-6-9-16(10-7-14)21-17(26-19(24-21)11-8-15(2)25-26)13-20(27)23-18-5-3-4-12-22-18/h3-12H,13H2,1-2H3,(H,22,23,27). The van der Waals surface area contributed by atoms with Crippen LogP contribution in [0.4, 0.5) is 5.82 Å². The molecule has 1 aromatic carbocycles. The molecule has 0 radical (unpaired) electrons. The molecule has 0 unspecified atom stereocenters. The maximum atomic E-state index is 12.6. The second kappa shape index (κ2) is 6.99. The highest BCUT2D eigenvalue weighted by molar-refractivity contribution is 5.92. The number of amides is 1. The summed E-state index contributed by atoms with van der Waals surface area (Å²) in [4.78, 5) is 21.5. The minimum atomic E-state index is -0.160. The second-order valence-electron chi connectivity index (χ2n) is 6.46. The van der Waals surface area contributed by atoms with E-state index in [0.29, 0.717) is 5.82 Å². The number of imidazole rings is 1. The zero-order valence-electron chi connectivity index (χ0n) is 15.2. The first-order valence-electron chi connectivity index (χ1n) is 8.73. The van der Waals surface area contributed by atoms with E-state index in [-0.39, 0.29) is 12.3 Å². The number of hydrogen-bond acceptors (Lipinski definition) is 4. The van der Waals surface area contributed by atoms with Gasteiger partial charge in [0.25, 0.3) is 0 Å². The lowest BCUT2D eigenvalue weighted by atomic mass is 10.1. The quantitative estimate of drug-likeness (QED) is 0.606. The van der Waals surface area contributed by atoms with Crippen molar-refractivity contribution in [1.29, 1.82) is 0 Å². The number of aryl methyl sites for hydroxylation is 2. The van der Waals surface area contributed by atoms with E-state index in [9.17, 15) is 4.79 Å². The first-order valence-corrected chi connectivity index (χ1v) is 8.73. The average Bonchev–Trinajstić information content (AvgIpc) is 3.01. The van der Waals surface area contributed by atoms with Crippen LogP contribution in [0.5, 0.6) is 0 Å². The molecule has 3 heterocycles. The van der Waals surface area contributed by atoms with E-state index in [0.717, 1.165) is 28.3 Å². The summed E-state index contributed by atoms with van der Waals surface area (Å²) < 4.78 is 1.75. The molecule has 0 saturated heterocycles. The van der Waals surface area contributed by atoms with Crippen molar-refractivity contribution in [3.63, 3.8) is 0 Å². The number of rotatable bonds is 4. The number of anilines is 1. The summed E-state index contributed by atoms with van der Waals surface area (Å²) in [6.07, 6.45) is 1.80. The highest BCUT2D eigenvalue weighted by Gasteiger charge is 2.18. The van der Waals surface area contributed by atoms with Gasteiger partial charge in [0.05, 0.1) is 23.5 Å². The Kier molecular flexibility index (Phi) is 4.38. The number of hydrogen-bond donors (Lipinski definition) is 1. The van der Waals surface area contributed by atoms with Gasteiger partial charge in [-0.1, -0.05) is 35.9 Å². The van der Waals surface area contributed by atoms with Crippen molar-refractivity contribution in [1.82, 2.24) is 19.6 Å². The number of fused-ring (bicyclic) bond motifs is 1. The summed E-state index contributed by atoms with van der Waals surface area (Å²) >= 11 is 0. The molecule has 27 heavy (non-hydrogen) atoms. The number of pyridine rings is 1. The fraction of sp³-hybridized carbons (Fsp3) is 0.143. The highest BCUT2D eigenvalue weighted by Crippen LogP contribution is 2.25. The topological polar surface area (TPSA) is 72.2 Å². The van der Waals surface area contributed by atoms with Crippen LogP contribution in [-0.2, 0) is 11.2 Å². The summed E-state index contributed by atoms with van der Waals surface area (Å²) in [6, 6.07) is 17.3. The molecule has 4 aromatic rings. The van der Waals surface area contributed by atoms with Crippen LogP contribution >= 0.6 is 0 Å². The molecule has 0 aliphatic rings. The first-order chi connectivity index (χ1) is 13.1. The number of nitrogens with zero attached hydrogens (tertiary/aromatic N) is 4. The van der Waals surface area contributed by atoms with E-state index in [2.05, 4.69) is 15.4 Å². The number of carbonyl (C=O) groups excluding carboxylic acids is 1. The zero-order valence-corrected chi connectivity index (χ0v) is 15.2. The molecule has 134 valence electrons. The molecule has 0 atom stereocenters. The normalized spacial score (nSPS) is 10.9.